The van der Waals surface area contributed by atoms with Crippen molar-refractivity contribution in [3.63, 3.8) is 0 Å². The summed E-state index contributed by atoms with van der Waals surface area (Å²) in [4.78, 5) is 36.1. The number of amides is 2. The van der Waals surface area contributed by atoms with Crippen molar-refractivity contribution in [3.8, 4) is 0 Å². The SMILES string of the molecule is CCNC(=O)CCCC(=O)N1CCCCC1CCC(=O)O. The molecule has 0 aromatic heterocycles. The van der Waals surface area contributed by atoms with Gasteiger partial charge >= 0.3 is 5.97 Å². The molecule has 6 heteroatoms. The number of nitrogens with one attached hydrogen (secondary N) is 1. The van der Waals surface area contributed by atoms with Crippen molar-refractivity contribution in [1.29, 1.82) is 0 Å². The molecule has 0 aromatic rings. The van der Waals surface area contributed by atoms with Crippen LogP contribution < -0.4 is 5.32 Å². The van der Waals surface area contributed by atoms with Gasteiger partial charge in [-0.15, -0.1) is 0 Å². The lowest BCUT2D eigenvalue weighted by molar-refractivity contribution is -0.140. The minimum absolute atomic E-state index is 0.0219. The van der Waals surface area contributed by atoms with Crippen molar-refractivity contribution >= 4 is 17.8 Å². The maximum absolute atomic E-state index is 12.2. The molecule has 0 saturated carbocycles. The highest BCUT2D eigenvalue weighted by Gasteiger charge is 2.26. The molecule has 6 nitrogen and oxygen atoms in total. The van der Waals surface area contributed by atoms with E-state index in [0.717, 1.165) is 19.3 Å². The molecule has 0 radical (unpaired) electrons. The summed E-state index contributed by atoms with van der Waals surface area (Å²) < 4.78 is 0. The van der Waals surface area contributed by atoms with E-state index in [0.29, 0.717) is 38.8 Å². The lowest BCUT2D eigenvalue weighted by Gasteiger charge is -2.35. The molecule has 0 spiro atoms. The fourth-order valence-electron chi connectivity index (χ4n) is 2.75. The molecule has 1 saturated heterocycles. The van der Waals surface area contributed by atoms with Crippen molar-refractivity contribution in [2.75, 3.05) is 13.1 Å². The Bertz CT molecular complexity index is 371. The summed E-state index contributed by atoms with van der Waals surface area (Å²) in [6, 6.07) is 0.0480. The minimum Gasteiger partial charge on any atom is -0.481 e. The van der Waals surface area contributed by atoms with Gasteiger partial charge in [0.05, 0.1) is 0 Å². The van der Waals surface area contributed by atoms with Crippen LogP contribution in [0.5, 0.6) is 0 Å². The van der Waals surface area contributed by atoms with Crippen LogP contribution >= 0.6 is 0 Å². The van der Waals surface area contributed by atoms with Crippen LogP contribution in [-0.2, 0) is 14.4 Å². The molecule has 1 aliphatic heterocycles. The van der Waals surface area contributed by atoms with E-state index in [1.54, 1.807) is 0 Å². The van der Waals surface area contributed by atoms with Gasteiger partial charge in [0, 0.05) is 38.4 Å². The minimum atomic E-state index is -0.816. The highest BCUT2D eigenvalue weighted by atomic mass is 16.4. The molecule has 1 atom stereocenters. The van der Waals surface area contributed by atoms with Crippen LogP contribution in [0.3, 0.4) is 0 Å². The van der Waals surface area contributed by atoms with Gasteiger partial charge in [-0.3, -0.25) is 14.4 Å². The van der Waals surface area contributed by atoms with Crippen LogP contribution in [-0.4, -0.2) is 46.9 Å². The molecular formula is C15H26N2O4. The Morgan fingerprint density at radius 3 is 2.62 bits per heavy atom. The smallest absolute Gasteiger partial charge is 0.303 e. The molecule has 0 aliphatic carbocycles. The van der Waals surface area contributed by atoms with Gasteiger partial charge in [-0.05, 0) is 39.0 Å². The number of nitrogens with zero attached hydrogens (tertiary/aromatic N) is 1. The summed E-state index contributed by atoms with van der Waals surface area (Å²) in [6.07, 6.45) is 4.82. The van der Waals surface area contributed by atoms with Crippen molar-refractivity contribution in [2.45, 2.75) is 64.3 Å². The van der Waals surface area contributed by atoms with Crippen molar-refractivity contribution in [2.24, 2.45) is 0 Å². The number of carbonyl (C=O) groups is 3. The first-order chi connectivity index (χ1) is 10.0. The molecule has 1 fully saturated rings. The zero-order valence-corrected chi connectivity index (χ0v) is 12.8. The molecule has 0 bridgehead atoms. The summed E-state index contributed by atoms with van der Waals surface area (Å²) in [6.45, 7) is 3.18. The van der Waals surface area contributed by atoms with Crippen LogP contribution in [0.1, 0.15) is 58.3 Å². The highest BCUT2D eigenvalue weighted by molar-refractivity contribution is 5.79. The molecule has 2 N–H and O–H groups in total. The summed E-state index contributed by atoms with van der Waals surface area (Å²) >= 11 is 0. The number of carboxylic acid groups (broad SMARTS) is 1. The van der Waals surface area contributed by atoms with Gasteiger partial charge in [-0.1, -0.05) is 0 Å². The van der Waals surface area contributed by atoms with Gasteiger partial charge in [-0.25, -0.2) is 0 Å². The highest BCUT2D eigenvalue weighted by Crippen LogP contribution is 2.22. The Balaban J connectivity index is 2.38. The average molecular weight is 298 g/mol. The number of piperidine rings is 1. The maximum Gasteiger partial charge on any atom is 0.303 e. The molecule has 1 rings (SSSR count). The van der Waals surface area contributed by atoms with E-state index in [1.165, 1.54) is 0 Å². The summed E-state index contributed by atoms with van der Waals surface area (Å²) in [7, 11) is 0. The standard InChI is InChI=1S/C15H26N2O4/c1-2-16-13(18)7-5-8-14(19)17-11-4-3-6-12(17)9-10-15(20)21/h12H,2-11H2,1H3,(H,16,18)(H,20,21). The number of hydrogen-bond donors (Lipinski definition) is 2. The van der Waals surface area contributed by atoms with Crippen LogP contribution in [0.4, 0.5) is 0 Å². The first-order valence-corrected chi connectivity index (χ1v) is 7.82. The van der Waals surface area contributed by atoms with E-state index in [2.05, 4.69) is 5.32 Å². The third kappa shape index (κ3) is 6.60. The predicted molar refractivity (Wildman–Crippen MR) is 78.8 cm³/mol. The zero-order valence-electron chi connectivity index (χ0n) is 12.8. The Hall–Kier alpha value is -1.59. The lowest BCUT2D eigenvalue weighted by Crippen LogP contribution is -2.43. The van der Waals surface area contributed by atoms with Gasteiger partial charge in [0.25, 0.3) is 0 Å². The number of rotatable bonds is 8. The first kappa shape index (κ1) is 17.5. The fraction of sp³-hybridized carbons (Fsp3) is 0.800. The van der Waals surface area contributed by atoms with Crippen molar-refractivity contribution in [1.82, 2.24) is 10.2 Å². The summed E-state index contributed by atoms with van der Waals surface area (Å²) in [5.74, 6) is -0.787. The molecule has 1 aliphatic rings. The zero-order chi connectivity index (χ0) is 15.7. The second-order valence-electron chi connectivity index (χ2n) is 5.48. The molecule has 21 heavy (non-hydrogen) atoms. The van der Waals surface area contributed by atoms with Gasteiger partial charge in [0.2, 0.25) is 11.8 Å². The first-order valence-electron chi connectivity index (χ1n) is 7.82. The molecule has 120 valence electrons. The average Bonchev–Trinajstić information content (AvgIpc) is 2.45. The molecular weight excluding hydrogens is 272 g/mol. The van der Waals surface area contributed by atoms with Crippen LogP contribution in [0.15, 0.2) is 0 Å². The largest absolute Gasteiger partial charge is 0.481 e. The third-order valence-corrected chi connectivity index (χ3v) is 3.81. The maximum atomic E-state index is 12.2. The Morgan fingerprint density at radius 2 is 1.95 bits per heavy atom. The van der Waals surface area contributed by atoms with Gasteiger partial charge < -0.3 is 15.3 Å². The van der Waals surface area contributed by atoms with Gasteiger partial charge in [0.15, 0.2) is 0 Å². The Labute approximate surface area is 125 Å². The molecule has 1 heterocycles. The lowest BCUT2D eigenvalue weighted by atomic mass is 9.97. The topological polar surface area (TPSA) is 86.7 Å². The van der Waals surface area contributed by atoms with E-state index >= 15 is 0 Å². The van der Waals surface area contributed by atoms with Gasteiger partial charge in [0.1, 0.15) is 0 Å². The van der Waals surface area contributed by atoms with E-state index < -0.39 is 5.97 Å². The monoisotopic (exact) mass is 298 g/mol. The summed E-state index contributed by atoms with van der Waals surface area (Å²) in [5.41, 5.74) is 0. The number of carbonyl (C=O) groups excluding carboxylic acids is 2. The van der Waals surface area contributed by atoms with Gasteiger partial charge in [-0.2, -0.15) is 0 Å². The number of carboxylic acids is 1. The Kier molecular flexibility index (Phi) is 7.79. The van der Waals surface area contributed by atoms with Crippen LogP contribution in [0.2, 0.25) is 0 Å². The second kappa shape index (κ2) is 9.37. The van der Waals surface area contributed by atoms with Crippen LogP contribution in [0, 0.1) is 0 Å². The normalized spacial score (nSPS) is 18.3. The summed E-state index contributed by atoms with van der Waals surface area (Å²) in [5, 5.41) is 11.5. The molecule has 2 amide bonds. The molecule has 0 aromatic carbocycles. The number of hydrogen-bond acceptors (Lipinski definition) is 3. The third-order valence-electron chi connectivity index (χ3n) is 3.81. The van der Waals surface area contributed by atoms with Crippen molar-refractivity contribution < 1.29 is 19.5 Å². The van der Waals surface area contributed by atoms with E-state index in [-0.39, 0.29) is 24.3 Å². The number of aliphatic carboxylic acids is 1. The predicted octanol–water partition coefficient (Wildman–Crippen LogP) is 1.54. The van der Waals surface area contributed by atoms with E-state index in [1.807, 2.05) is 11.8 Å². The molecule has 1 unspecified atom stereocenters. The van der Waals surface area contributed by atoms with Crippen molar-refractivity contribution in [3.05, 3.63) is 0 Å². The Morgan fingerprint density at radius 1 is 1.19 bits per heavy atom. The van der Waals surface area contributed by atoms with E-state index in [4.69, 9.17) is 5.11 Å². The van der Waals surface area contributed by atoms with E-state index in [9.17, 15) is 14.4 Å². The van der Waals surface area contributed by atoms with Crippen LogP contribution in [0.25, 0.3) is 0 Å². The quantitative estimate of drug-likeness (QED) is 0.711. The fourth-order valence-corrected chi connectivity index (χ4v) is 2.75. The number of likely N-dealkylation sites (tertiary alicyclic amines) is 1. The second-order valence-corrected chi connectivity index (χ2v) is 5.48.